The lowest BCUT2D eigenvalue weighted by molar-refractivity contribution is -0.384. The zero-order valence-electron chi connectivity index (χ0n) is 8.89. The number of rotatable bonds is 5. The molecule has 0 atom stereocenters. The van der Waals surface area contributed by atoms with Crippen LogP contribution < -0.4 is 4.72 Å². The Kier molecular flexibility index (Phi) is 4.85. The van der Waals surface area contributed by atoms with Gasteiger partial charge in [0, 0.05) is 23.2 Å². The molecule has 0 aliphatic heterocycles. The first-order chi connectivity index (χ1) is 8.24. The molecule has 18 heavy (non-hydrogen) atoms. The zero-order chi connectivity index (χ0) is 13.9. The highest BCUT2D eigenvalue weighted by Gasteiger charge is 2.20. The number of non-ortho nitro benzene ring substituents is 1. The van der Waals surface area contributed by atoms with Crippen molar-refractivity contribution in [3.63, 3.8) is 0 Å². The van der Waals surface area contributed by atoms with E-state index in [0.717, 1.165) is 18.2 Å². The second-order valence-corrected chi connectivity index (χ2v) is 6.48. The smallest absolute Gasteiger partial charge is 0.258 e. The summed E-state index contributed by atoms with van der Waals surface area (Å²) in [5.41, 5.74) is -0.274. The Morgan fingerprint density at radius 2 is 2.17 bits per heavy atom. The van der Waals surface area contributed by atoms with Crippen molar-refractivity contribution in [2.24, 2.45) is 0 Å². The van der Waals surface area contributed by atoms with E-state index in [4.69, 9.17) is 11.6 Å². The molecule has 0 heterocycles. The third kappa shape index (κ3) is 3.77. The maximum absolute atomic E-state index is 11.8. The van der Waals surface area contributed by atoms with Crippen molar-refractivity contribution >= 4 is 43.2 Å². The first kappa shape index (κ1) is 15.1. The predicted molar refractivity (Wildman–Crippen MR) is 71.4 cm³/mol. The molecule has 0 saturated carbocycles. The molecule has 0 aliphatic carbocycles. The van der Waals surface area contributed by atoms with Crippen LogP contribution >= 0.6 is 27.5 Å². The highest BCUT2D eigenvalue weighted by atomic mass is 79.9. The zero-order valence-corrected chi connectivity index (χ0v) is 12.0. The summed E-state index contributed by atoms with van der Waals surface area (Å²) in [6.07, 6.45) is 0. The molecule has 1 aromatic carbocycles. The van der Waals surface area contributed by atoms with Crippen molar-refractivity contribution in [1.82, 2.24) is 4.72 Å². The van der Waals surface area contributed by atoms with Crippen molar-refractivity contribution in [1.29, 1.82) is 0 Å². The molecule has 1 rings (SSSR count). The molecule has 0 unspecified atom stereocenters. The molecule has 0 spiro atoms. The van der Waals surface area contributed by atoms with Gasteiger partial charge < -0.3 is 0 Å². The van der Waals surface area contributed by atoms with Gasteiger partial charge in [0.15, 0.2) is 0 Å². The van der Waals surface area contributed by atoms with Crippen LogP contribution in [0.5, 0.6) is 0 Å². The highest BCUT2D eigenvalue weighted by molar-refractivity contribution is 9.11. The minimum Gasteiger partial charge on any atom is -0.258 e. The third-order valence-corrected chi connectivity index (χ3v) is 4.03. The molecule has 0 amide bonds. The van der Waals surface area contributed by atoms with Crippen molar-refractivity contribution in [2.45, 2.75) is 4.90 Å². The van der Waals surface area contributed by atoms with Crippen molar-refractivity contribution in [2.75, 3.05) is 6.54 Å². The monoisotopic (exact) mass is 354 g/mol. The van der Waals surface area contributed by atoms with E-state index < -0.39 is 14.9 Å². The Labute approximate surface area is 117 Å². The molecule has 0 fully saturated rings. The number of nitrogens with one attached hydrogen (secondary N) is 1. The van der Waals surface area contributed by atoms with Gasteiger partial charge in [-0.15, -0.1) is 0 Å². The Morgan fingerprint density at radius 3 is 2.61 bits per heavy atom. The molecule has 0 bridgehead atoms. The lowest BCUT2D eigenvalue weighted by Gasteiger charge is -2.07. The summed E-state index contributed by atoms with van der Waals surface area (Å²) in [6, 6.07) is 3.14. The van der Waals surface area contributed by atoms with Crippen LogP contribution in [0.3, 0.4) is 0 Å². The number of nitrogens with zero attached hydrogens (tertiary/aromatic N) is 1. The van der Waals surface area contributed by atoms with E-state index >= 15 is 0 Å². The van der Waals surface area contributed by atoms with Crippen LogP contribution in [0.25, 0.3) is 0 Å². The summed E-state index contributed by atoms with van der Waals surface area (Å²) in [5, 5.41) is 10.3. The van der Waals surface area contributed by atoms with E-state index in [-0.39, 0.29) is 22.2 Å². The van der Waals surface area contributed by atoms with Gasteiger partial charge in [-0.25, -0.2) is 13.1 Å². The maximum Gasteiger partial charge on any atom is 0.271 e. The molecule has 0 aliphatic rings. The molecular weight excluding hydrogens is 348 g/mol. The number of sulfonamides is 1. The molecule has 9 heteroatoms. The minimum atomic E-state index is -3.82. The van der Waals surface area contributed by atoms with Crippen molar-refractivity contribution in [3.8, 4) is 0 Å². The summed E-state index contributed by atoms with van der Waals surface area (Å²) >= 11 is 8.72. The summed E-state index contributed by atoms with van der Waals surface area (Å²) in [7, 11) is -3.82. The van der Waals surface area contributed by atoms with Crippen LogP contribution in [-0.2, 0) is 10.0 Å². The lowest BCUT2D eigenvalue weighted by atomic mass is 10.3. The van der Waals surface area contributed by atoms with E-state index in [9.17, 15) is 18.5 Å². The fraction of sp³-hybridized carbons (Fsp3) is 0.111. The summed E-state index contributed by atoms with van der Waals surface area (Å²) in [4.78, 5) is 9.62. The van der Waals surface area contributed by atoms with Crippen LogP contribution in [-0.4, -0.2) is 19.9 Å². The van der Waals surface area contributed by atoms with Crippen molar-refractivity contribution < 1.29 is 13.3 Å². The first-order valence-electron chi connectivity index (χ1n) is 4.51. The van der Waals surface area contributed by atoms with Gasteiger partial charge >= 0.3 is 0 Å². The molecule has 0 aromatic heterocycles. The second-order valence-electron chi connectivity index (χ2n) is 3.21. The average molecular weight is 356 g/mol. The normalized spacial score (nSPS) is 11.2. The molecule has 98 valence electrons. The summed E-state index contributed by atoms with van der Waals surface area (Å²) in [5.74, 6) is 0. The number of benzene rings is 1. The minimum absolute atomic E-state index is 0.00432. The fourth-order valence-corrected chi connectivity index (χ4v) is 2.96. The van der Waals surface area contributed by atoms with Crippen LogP contribution in [0.2, 0.25) is 5.02 Å². The topological polar surface area (TPSA) is 89.3 Å². The molecular formula is C9H8BrClN2O4S. The molecule has 1 aromatic rings. The number of hydrogen-bond donors (Lipinski definition) is 1. The number of hydrogen-bond acceptors (Lipinski definition) is 4. The van der Waals surface area contributed by atoms with Crippen LogP contribution in [0.1, 0.15) is 0 Å². The fourth-order valence-electron chi connectivity index (χ4n) is 1.07. The van der Waals surface area contributed by atoms with Gasteiger partial charge in [0.05, 0.1) is 9.95 Å². The van der Waals surface area contributed by atoms with Gasteiger partial charge in [-0.2, -0.15) is 0 Å². The third-order valence-electron chi connectivity index (χ3n) is 1.87. The van der Waals surface area contributed by atoms with Gasteiger partial charge in [-0.3, -0.25) is 10.1 Å². The van der Waals surface area contributed by atoms with Crippen LogP contribution in [0, 0.1) is 10.1 Å². The number of halogens is 2. The van der Waals surface area contributed by atoms with Crippen molar-refractivity contribution in [3.05, 3.63) is 44.4 Å². The highest BCUT2D eigenvalue weighted by Crippen LogP contribution is 2.26. The Hall–Kier alpha value is -0.960. The summed E-state index contributed by atoms with van der Waals surface area (Å²) < 4.78 is 26.3. The van der Waals surface area contributed by atoms with E-state index in [1.54, 1.807) is 0 Å². The van der Waals surface area contributed by atoms with E-state index in [0.29, 0.717) is 4.48 Å². The Balaban J connectivity index is 3.10. The van der Waals surface area contributed by atoms with Gasteiger partial charge in [0.1, 0.15) is 4.90 Å². The van der Waals surface area contributed by atoms with E-state index in [1.807, 2.05) is 0 Å². The summed E-state index contributed by atoms with van der Waals surface area (Å²) in [6.45, 7) is 3.47. The number of nitro benzene ring substituents is 1. The maximum atomic E-state index is 11.8. The largest absolute Gasteiger partial charge is 0.271 e. The van der Waals surface area contributed by atoms with Gasteiger partial charge in [-0.05, 0) is 6.07 Å². The van der Waals surface area contributed by atoms with Crippen LogP contribution in [0.4, 0.5) is 5.69 Å². The van der Waals surface area contributed by atoms with Gasteiger partial charge in [-0.1, -0.05) is 34.1 Å². The van der Waals surface area contributed by atoms with E-state index in [2.05, 4.69) is 27.2 Å². The number of nitro groups is 1. The average Bonchev–Trinajstić information content (AvgIpc) is 2.26. The molecule has 1 N–H and O–H groups in total. The molecule has 0 saturated heterocycles. The molecule has 0 radical (unpaired) electrons. The SMILES string of the molecule is C=C(Br)CNS(=O)(=O)c1ccc([N+](=O)[O-])cc1Cl. The molecule has 6 nitrogen and oxygen atoms in total. The predicted octanol–water partition coefficient (Wildman–Crippen LogP) is 2.44. The second kappa shape index (κ2) is 5.79. The lowest BCUT2D eigenvalue weighted by Crippen LogP contribution is -2.25. The first-order valence-corrected chi connectivity index (χ1v) is 7.16. The van der Waals surface area contributed by atoms with Crippen LogP contribution in [0.15, 0.2) is 34.2 Å². The van der Waals surface area contributed by atoms with Gasteiger partial charge in [0.25, 0.3) is 5.69 Å². The van der Waals surface area contributed by atoms with Gasteiger partial charge in [0.2, 0.25) is 10.0 Å². The quantitative estimate of drug-likeness (QED) is 0.649. The van der Waals surface area contributed by atoms with E-state index in [1.165, 1.54) is 0 Å². The Morgan fingerprint density at radius 1 is 1.56 bits per heavy atom. The Bertz CT molecular complexity index is 603. The standard InChI is InChI=1S/C9H8BrClN2O4S/c1-6(10)5-12-18(16,17)9-3-2-7(13(14)15)4-8(9)11/h2-4,12H,1,5H2.